The second-order valence-corrected chi connectivity index (χ2v) is 9.58. The summed E-state index contributed by atoms with van der Waals surface area (Å²) in [5.74, 6) is 0.248. The topological polar surface area (TPSA) is 20.3 Å². The number of ketones is 1. The molecule has 0 spiro atoms. The lowest BCUT2D eigenvalue weighted by molar-refractivity contribution is -0.119. The second-order valence-electron chi connectivity index (χ2n) is 9.58. The summed E-state index contributed by atoms with van der Waals surface area (Å²) < 4.78 is 0. The molecule has 2 heteroatoms. The number of carbonyl (C=O) groups is 1. The maximum atomic E-state index is 13.3. The monoisotopic (exact) mass is 467 g/mol. The van der Waals surface area contributed by atoms with Crippen LogP contribution in [0.4, 0.5) is 0 Å². The van der Waals surface area contributed by atoms with Crippen molar-refractivity contribution in [3.8, 4) is 0 Å². The number of hydrogen-bond donors (Lipinski definition) is 0. The molecule has 184 valence electrons. The Bertz CT molecular complexity index is 1060. The first-order chi connectivity index (χ1) is 17.0. The highest BCUT2D eigenvalue weighted by Gasteiger charge is 2.31. The predicted molar refractivity (Wildman–Crippen MR) is 148 cm³/mol. The maximum absolute atomic E-state index is 13.3. The van der Waals surface area contributed by atoms with Crippen LogP contribution in [0.25, 0.3) is 0 Å². The van der Waals surface area contributed by atoms with Gasteiger partial charge in [0.05, 0.1) is 0 Å². The Labute approximate surface area is 212 Å². The average molecular weight is 468 g/mol. The van der Waals surface area contributed by atoms with Gasteiger partial charge >= 0.3 is 0 Å². The van der Waals surface area contributed by atoms with Gasteiger partial charge in [0.25, 0.3) is 0 Å². The molecule has 0 bridgehead atoms. The van der Waals surface area contributed by atoms with Gasteiger partial charge in [0.15, 0.2) is 5.78 Å². The SMILES string of the molecule is CC.Cc1ccc(CC2=CC(=O)[C@@H](C)[C@H](N(Cc3ccccc3)Cc3ccccc3)CC2)c(C)c1. The molecule has 1 aliphatic rings. The van der Waals surface area contributed by atoms with Crippen molar-refractivity contribution in [2.75, 3.05) is 0 Å². The molecule has 0 aromatic heterocycles. The minimum Gasteiger partial charge on any atom is -0.294 e. The van der Waals surface area contributed by atoms with Crippen molar-refractivity contribution in [1.82, 2.24) is 4.90 Å². The highest BCUT2D eigenvalue weighted by atomic mass is 16.1. The van der Waals surface area contributed by atoms with Gasteiger partial charge in [-0.3, -0.25) is 9.69 Å². The number of hydrogen-bond acceptors (Lipinski definition) is 2. The van der Waals surface area contributed by atoms with Gasteiger partial charge in [-0.25, -0.2) is 0 Å². The smallest absolute Gasteiger partial charge is 0.160 e. The average Bonchev–Trinajstić information content (AvgIpc) is 3.01. The summed E-state index contributed by atoms with van der Waals surface area (Å²) >= 11 is 0. The van der Waals surface area contributed by atoms with E-state index in [9.17, 15) is 4.79 Å². The van der Waals surface area contributed by atoms with E-state index in [1.807, 2.05) is 19.9 Å². The van der Waals surface area contributed by atoms with E-state index in [0.717, 1.165) is 32.4 Å². The van der Waals surface area contributed by atoms with Crippen LogP contribution in [0.5, 0.6) is 0 Å². The zero-order valence-electron chi connectivity index (χ0n) is 22.1. The molecule has 1 aliphatic carbocycles. The number of aryl methyl sites for hydroxylation is 2. The number of carbonyl (C=O) groups excluding carboxylic acids is 1. The Balaban J connectivity index is 0.00000167. The molecule has 35 heavy (non-hydrogen) atoms. The highest BCUT2D eigenvalue weighted by Crippen LogP contribution is 2.29. The minimum atomic E-state index is -0.0194. The second kappa shape index (κ2) is 13.2. The molecule has 3 aromatic rings. The zero-order chi connectivity index (χ0) is 25.2. The van der Waals surface area contributed by atoms with Crippen LogP contribution in [0.15, 0.2) is 90.5 Å². The third-order valence-corrected chi connectivity index (χ3v) is 6.98. The van der Waals surface area contributed by atoms with Gasteiger partial charge in [0.2, 0.25) is 0 Å². The van der Waals surface area contributed by atoms with Gasteiger partial charge in [0.1, 0.15) is 0 Å². The summed E-state index contributed by atoms with van der Waals surface area (Å²) in [6.07, 6.45) is 4.79. The maximum Gasteiger partial charge on any atom is 0.160 e. The van der Waals surface area contributed by atoms with Crippen molar-refractivity contribution in [3.63, 3.8) is 0 Å². The molecular formula is C33H41NO. The van der Waals surface area contributed by atoms with E-state index in [2.05, 4.69) is 105 Å². The molecule has 3 aromatic carbocycles. The zero-order valence-corrected chi connectivity index (χ0v) is 22.1. The van der Waals surface area contributed by atoms with Crippen molar-refractivity contribution in [2.45, 2.75) is 73.0 Å². The lowest BCUT2D eigenvalue weighted by atomic mass is 9.93. The Morgan fingerprint density at radius 3 is 1.94 bits per heavy atom. The first-order valence-corrected chi connectivity index (χ1v) is 13.1. The van der Waals surface area contributed by atoms with E-state index in [1.165, 1.54) is 33.4 Å². The van der Waals surface area contributed by atoms with Gasteiger partial charge in [-0.05, 0) is 61.4 Å². The number of rotatable bonds is 7. The summed E-state index contributed by atoms with van der Waals surface area (Å²) in [4.78, 5) is 15.8. The predicted octanol–water partition coefficient (Wildman–Crippen LogP) is 7.87. The minimum absolute atomic E-state index is 0.0194. The van der Waals surface area contributed by atoms with Gasteiger partial charge in [-0.1, -0.05) is 111 Å². The van der Waals surface area contributed by atoms with Crippen LogP contribution >= 0.6 is 0 Å². The normalized spacial score (nSPS) is 17.9. The molecule has 0 saturated carbocycles. The van der Waals surface area contributed by atoms with E-state index in [0.29, 0.717) is 0 Å². The Morgan fingerprint density at radius 2 is 1.40 bits per heavy atom. The van der Waals surface area contributed by atoms with Gasteiger partial charge in [-0.15, -0.1) is 0 Å². The van der Waals surface area contributed by atoms with Crippen LogP contribution in [0.3, 0.4) is 0 Å². The van der Waals surface area contributed by atoms with E-state index in [1.54, 1.807) is 0 Å². The Morgan fingerprint density at radius 1 is 0.829 bits per heavy atom. The van der Waals surface area contributed by atoms with Crippen molar-refractivity contribution in [3.05, 3.63) is 118 Å². The van der Waals surface area contributed by atoms with E-state index in [4.69, 9.17) is 0 Å². The van der Waals surface area contributed by atoms with Crippen LogP contribution in [-0.4, -0.2) is 16.7 Å². The molecular weight excluding hydrogens is 426 g/mol. The van der Waals surface area contributed by atoms with E-state index in [-0.39, 0.29) is 17.7 Å². The molecule has 0 amide bonds. The van der Waals surface area contributed by atoms with Gasteiger partial charge in [0, 0.05) is 25.0 Å². The lowest BCUT2D eigenvalue weighted by Gasteiger charge is -2.34. The fraction of sp³-hybridized carbons (Fsp3) is 0.364. The third-order valence-electron chi connectivity index (χ3n) is 6.98. The van der Waals surface area contributed by atoms with Crippen LogP contribution < -0.4 is 0 Å². The quantitative estimate of drug-likeness (QED) is 0.352. The lowest BCUT2D eigenvalue weighted by Crippen LogP contribution is -2.41. The number of allylic oxidation sites excluding steroid dienone is 2. The molecule has 4 rings (SSSR count). The standard InChI is InChI=1S/C31H35NO.C2H6/c1-23-14-16-29(24(2)18-23)19-28-15-17-30(25(3)31(33)20-28)32(21-26-10-6-4-7-11-26)22-27-12-8-5-9-13-27;1-2/h4-14,16,18,20,25,30H,15,17,19,21-22H2,1-3H3;1-2H3/t25-,30+;/m0./s1. The van der Waals surface area contributed by atoms with Gasteiger partial charge in [-0.2, -0.15) is 0 Å². The van der Waals surface area contributed by atoms with Crippen LogP contribution in [0, 0.1) is 19.8 Å². The van der Waals surface area contributed by atoms with Crippen molar-refractivity contribution >= 4 is 5.78 Å². The summed E-state index contributed by atoms with van der Waals surface area (Å²) in [7, 11) is 0. The summed E-state index contributed by atoms with van der Waals surface area (Å²) in [6.45, 7) is 12.1. The fourth-order valence-corrected chi connectivity index (χ4v) is 5.03. The molecule has 2 nitrogen and oxygen atoms in total. The van der Waals surface area contributed by atoms with Crippen molar-refractivity contribution < 1.29 is 4.79 Å². The van der Waals surface area contributed by atoms with E-state index >= 15 is 0 Å². The fourth-order valence-electron chi connectivity index (χ4n) is 5.03. The Kier molecular flexibility index (Phi) is 10.0. The molecule has 0 aliphatic heterocycles. The van der Waals surface area contributed by atoms with Crippen LogP contribution in [0.1, 0.15) is 61.4 Å². The molecule has 0 unspecified atom stereocenters. The third kappa shape index (κ3) is 7.50. The van der Waals surface area contributed by atoms with Crippen LogP contribution in [0.2, 0.25) is 0 Å². The molecule has 2 atom stereocenters. The highest BCUT2D eigenvalue weighted by molar-refractivity contribution is 5.93. The molecule has 0 saturated heterocycles. The first-order valence-electron chi connectivity index (χ1n) is 13.1. The number of nitrogens with zero attached hydrogens (tertiary/aromatic N) is 1. The number of benzene rings is 3. The van der Waals surface area contributed by atoms with Crippen molar-refractivity contribution in [1.29, 1.82) is 0 Å². The Hall–Kier alpha value is -2.97. The van der Waals surface area contributed by atoms with E-state index < -0.39 is 0 Å². The summed E-state index contributed by atoms with van der Waals surface area (Å²) in [5.41, 5.74) is 7.78. The summed E-state index contributed by atoms with van der Waals surface area (Å²) in [6, 6.07) is 28.1. The molecule has 0 heterocycles. The molecule has 0 N–H and O–H groups in total. The first kappa shape index (κ1) is 26.6. The van der Waals surface area contributed by atoms with Crippen LogP contribution in [-0.2, 0) is 24.3 Å². The largest absolute Gasteiger partial charge is 0.294 e. The van der Waals surface area contributed by atoms with Gasteiger partial charge < -0.3 is 0 Å². The molecule has 0 radical (unpaired) electrons. The summed E-state index contributed by atoms with van der Waals surface area (Å²) in [5, 5.41) is 0. The van der Waals surface area contributed by atoms with Crippen molar-refractivity contribution in [2.24, 2.45) is 5.92 Å². The molecule has 0 fully saturated rings.